The zero-order valence-electron chi connectivity index (χ0n) is 19.6. The van der Waals surface area contributed by atoms with E-state index in [-0.39, 0.29) is 5.75 Å². The zero-order valence-corrected chi connectivity index (χ0v) is 20.4. The molecule has 0 bridgehead atoms. The van der Waals surface area contributed by atoms with Gasteiger partial charge in [-0.2, -0.15) is 5.10 Å². The quantitative estimate of drug-likeness (QED) is 0.171. The molecule has 0 atom stereocenters. The molecule has 3 aromatic rings. The maximum Gasteiger partial charge on any atom is 0.343 e. The number of aryl methyl sites for hydroxylation is 2. The fraction of sp³-hybridized carbons (Fsp3) is 0.154. The van der Waals surface area contributed by atoms with Gasteiger partial charge < -0.3 is 14.8 Å². The Morgan fingerprint density at radius 3 is 2.31 bits per heavy atom. The molecule has 0 fully saturated rings. The molecular weight excluding hydrogens is 470 g/mol. The molecule has 35 heavy (non-hydrogen) atoms. The number of carbonyl (C=O) groups is 3. The Kier molecular flexibility index (Phi) is 8.22. The molecule has 9 heteroatoms. The smallest absolute Gasteiger partial charge is 0.343 e. The maximum absolute atomic E-state index is 12.5. The van der Waals surface area contributed by atoms with Crippen molar-refractivity contribution in [2.24, 2.45) is 5.10 Å². The van der Waals surface area contributed by atoms with Gasteiger partial charge in [0.1, 0.15) is 0 Å². The van der Waals surface area contributed by atoms with Crippen molar-refractivity contribution in [3.8, 4) is 11.5 Å². The standard InChI is InChI=1S/C26H24ClN3O5/c1-15-7-5-6-8-20(15)26(33)35-22-12-10-18(13-23(22)34-4)17(3)29-30-25(32)24(31)28-19-11-9-16(2)21(27)14-19/h5-14H,1-4H3,(H,28,31)(H,30,32)/b29-17+. The molecule has 3 rings (SSSR count). The van der Waals surface area contributed by atoms with Crippen LogP contribution in [0.4, 0.5) is 5.69 Å². The highest BCUT2D eigenvalue weighted by atomic mass is 35.5. The van der Waals surface area contributed by atoms with E-state index in [1.165, 1.54) is 7.11 Å². The molecule has 0 radical (unpaired) electrons. The molecule has 0 heterocycles. The van der Waals surface area contributed by atoms with E-state index >= 15 is 0 Å². The Bertz CT molecular complexity index is 1320. The molecule has 0 aliphatic rings. The largest absolute Gasteiger partial charge is 0.493 e. The van der Waals surface area contributed by atoms with E-state index in [4.69, 9.17) is 21.1 Å². The lowest BCUT2D eigenvalue weighted by atomic mass is 10.1. The van der Waals surface area contributed by atoms with Crippen molar-refractivity contribution in [3.05, 3.63) is 87.9 Å². The molecule has 0 unspecified atom stereocenters. The normalized spacial score (nSPS) is 10.9. The van der Waals surface area contributed by atoms with E-state index < -0.39 is 17.8 Å². The summed E-state index contributed by atoms with van der Waals surface area (Å²) in [7, 11) is 1.44. The third-order valence-corrected chi connectivity index (χ3v) is 5.52. The minimum atomic E-state index is -0.947. The lowest BCUT2D eigenvalue weighted by molar-refractivity contribution is -0.136. The van der Waals surface area contributed by atoms with Gasteiger partial charge >= 0.3 is 17.8 Å². The number of rotatable bonds is 6. The number of hydrogen-bond donors (Lipinski definition) is 2. The minimum absolute atomic E-state index is 0.234. The number of hydrogen-bond acceptors (Lipinski definition) is 6. The predicted octanol–water partition coefficient (Wildman–Crippen LogP) is 4.66. The van der Waals surface area contributed by atoms with Crippen LogP contribution in [-0.2, 0) is 9.59 Å². The number of halogens is 1. The maximum atomic E-state index is 12.5. The fourth-order valence-corrected chi connectivity index (χ4v) is 3.22. The Morgan fingerprint density at radius 2 is 1.63 bits per heavy atom. The van der Waals surface area contributed by atoms with Crippen LogP contribution in [0.2, 0.25) is 5.02 Å². The molecule has 0 saturated heterocycles. The summed E-state index contributed by atoms with van der Waals surface area (Å²) in [5.41, 5.74) is 5.69. The van der Waals surface area contributed by atoms with E-state index in [1.54, 1.807) is 55.5 Å². The van der Waals surface area contributed by atoms with Gasteiger partial charge in [0.2, 0.25) is 0 Å². The van der Waals surface area contributed by atoms with Crippen LogP contribution in [0.5, 0.6) is 11.5 Å². The van der Waals surface area contributed by atoms with Crippen molar-refractivity contribution in [1.82, 2.24) is 5.43 Å². The van der Waals surface area contributed by atoms with Crippen LogP contribution in [0, 0.1) is 13.8 Å². The Morgan fingerprint density at radius 1 is 0.886 bits per heavy atom. The first-order valence-electron chi connectivity index (χ1n) is 10.6. The molecule has 0 saturated carbocycles. The van der Waals surface area contributed by atoms with Crippen molar-refractivity contribution in [2.45, 2.75) is 20.8 Å². The third-order valence-electron chi connectivity index (χ3n) is 5.11. The third kappa shape index (κ3) is 6.45. The zero-order chi connectivity index (χ0) is 25.5. The van der Waals surface area contributed by atoms with Crippen molar-refractivity contribution >= 4 is 40.8 Å². The second-order valence-corrected chi connectivity index (χ2v) is 8.03. The van der Waals surface area contributed by atoms with Crippen molar-refractivity contribution in [1.29, 1.82) is 0 Å². The Labute approximate surface area is 207 Å². The van der Waals surface area contributed by atoms with Gasteiger partial charge in [-0.1, -0.05) is 35.9 Å². The van der Waals surface area contributed by atoms with Crippen LogP contribution in [-0.4, -0.2) is 30.6 Å². The van der Waals surface area contributed by atoms with Gasteiger partial charge in [-0.3, -0.25) is 9.59 Å². The number of hydrazone groups is 1. The topological polar surface area (TPSA) is 106 Å². The molecule has 0 aliphatic carbocycles. The fourth-order valence-electron chi connectivity index (χ4n) is 3.04. The van der Waals surface area contributed by atoms with Gasteiger partial charge in [-0.05, 0) is 68.3 Å². The van der Waals surface area contributed by atoms with Crippen LogP contribution in [0.1, 0.15) is 34.0 Å². The van der Waals surface area contributed by atoms with Crippen LogP contribution < -0.4 is 20.2 Å². The van der Waals surface area contributed by atoms with E-state index in [1.807, 2.05) is 26.0 Å². The van der Waals surface area contributed by atoms with E-state index in [9.17, 15) is 14.4 Å². The average Bonchev–Trinajstić information content (AvgIpc) is 2.84. The number of esters is 1. The monoisotopic (exact) mass is 493 g/mol. The summed E-state index contributed by atoms with van der Waals surface area (Å²) in [5, 5.41) is 6.91. The van der Waals surface area contributed by atoms with Crippen molar-refractivity contribution < 1.29 is 23.9 Å². The SMILES string of the molecule is COc1cc(/C(C)=N/NC(=O)C(=O)Nc2ccc(C)c(Cl)c2)ccc1OC(=O)c1ccccc1C. The van der Waals surface area contributed by atoms with Gasteiger partial charge in [-0.15, -0.1) is 0 Å². The van der Waals surface area contributed by atoms with E-state index in [0.29, 0.717) is 33.3 Å². The average molecular weight is 494 g/mol. The first-order valence-corrected chi connectivity index (χ1v) is 11.0. The minimum Gasteiger partial charge on any atom is -0.493 e. The molecule has 8 nitrogen and oxygen atoms in total. The van der Waals surface area contributed by atoms with E-state index in [2.05, 4.69) is 15.8 Å². The molecule has 2 N–H and O–H groups in total. The predicted molar refractivity (Wildman–Crippen MR) is 134 cm³/mol. The lowest BCUT2D eigenvalue weighted by Crippen LogP contribution is -2.32. The summed E-state index contributed by atoms with van der Waals surface area (Å²) in [4.78, 5) is 36.8. The van der Waals surface area contributed by atoms with Crippen LogP contribution in [0.15, 0.2) is 65.8 Å². The summed E-state index contributed by atoms with van der Waals surface area (Å²) < 4.78 is 10.9. The number of amides is 2. The molecule has 0 aliphatic heterocycles. The first kappa shape index (κ1) is 25.5. The van der Waals surface area contributed by atoms with Crippen LogP contribution in [0.25, 0.3) is 0 Å². The van der Waals surface area contributed by atoms with Crippen LogP contribution >= 0.6 is 11.6 Å². The number of benzene rings is 3. The molecule has 0 spiro atoms. The number of ether oxygens (including phenoxy) is 2. The van der Waals surface area contributed by atoms with Crippen molar-refractivity contribution in [3.63, 3.8) is 0 Å². The number of nitrogens with zero attached hydrogens (tertiary/aromatic N) is 1. The Hall–Kier alpha value is -4.17. The highest BCUT2D eigenvalue weighted by molar-refractivity contribution is 6.40. The van der Waals surface area contributed by atoms with Gasteiger partial charge in [0.15, 0.2) is 11.5 Å². The van der Waals surface area contributed by atoms with Gasteiger partial charge in [0.25, 0.3) is 0 Å². The summed E-state index contributed by atoms with van der Waals surface area (Å²) in [6.07, 6.45) is 0. The van der Waals surface area contributed by atoms with Crippen LogP contribution in [0.3, 0.4) is 0 Å². The first-order chi connectivity index (χ1) is 16.7. The summed E-state index contributed by atoms with van der Waals surface area (Å²) in [6.45, 7) is 5.29. The van der Waals surface area contributed by atoms with Gasteiger partial charge in [0.05, 0.1) is 18.4 Å². The lowest BCUT2D eigenvalue weighted by Gasteiger charge is -2.12. The summed E-state index contributed by atoms with van der Waals surface area (Å²) in [5.74, 6) is -1.81. The van der Waals surface area contributed by atoms with Gasteiger partial charge in [-0.25, -0.2) is 10.2 Å². The number of carbonyl (C=O) groups excluding carboxylic acids is 3. The number of anilines is 1. The highest BCUT2D eigenvalue weighted by Crippen LogP contribution is 2.29. The number of methoxy groups -OCH3 is 1. The molecule has 3 aromatic carbocycles. The second-order valence-electron chi connectivity index (χ2n) is 7.63. The van der Waals surface area contributed by atoms with Crippen molar-refractivity contribution in [2.75, 3.05) is 12.4 Å². The highest BCUT2D eigenvalue weighted by Gasteiger charge is 2.16. The summed E-state index contributed by atoms with van der Waals surface area (Å²) in [6, 6.07) is 16.9. The van der Waals surface area contributed by atoms with Gasteiger partial charge in [0, 0.05) is 16.3 Å². The summed E-state index contributed by atoms with van der Waals surface area (Å²) >= 11 is 6.04. The second kappa shape index (κ2) is 11.3. The molecule has 2 amide bonds. The molecule has 0 aromatic heterocycles. The van der Waals surface area contributed by atoms with E-state index in [0.717, 1.165) is 11.1 Å². The molecular formula is C26H24ClN3O5. The number of nitrogens with one attached hydrogen (secondary N) is 2. The Balaban J connectivity index is 1.67. The molecule has 180 valence electrons.